The molecule has 1 spiro atoms. The molecule has 6 aliphatic rings. The van der Waals surface area contributed by atoms with Gasteiger partial charge in [0.1, 0.15) is 35.1 Å². The topological polar surface area (TPSA) is 173 Å². The SMILES string of the molecule is Cc1nc2ccccc2c2c1O[C@]1(CC2)C[C@H]2C(=O)N[C@]3(C(=O)NS(=O)(=O)C4(C)CC4)C[C@H]3/C=C\CCCCC[C@H](NC(=O)OC3CCC(F)(F)CC3)C(=O)N2C1. The minimum Gasteiger partial charge on any atom is -0.483 e. The summed E-state index contributed by atoms with van der Waals surface area (Å²) < 4.78 is 67.7. The molecule has 13 nitrogen and oxygen atoms in total. The lowest BCUT2D eigenvalue weighted by Gasteiger charge is -2.36. The number of carbonyl (C=O) groups is 4. The molecule has 0 bridgehead atoms. The van der Waals surface area contributed by atoms with E-state index in [1.165, 1.54) is 4.90 Å². The summed E-state index contributed by atoms with van der Waals surface area (Å²) in [5.41, 5.74) is -0.0844. The minimum atomic E-state index is -4.02. The molecule has 5 atom stereocenters. The zero-order chi connectivity index (χ0) is 40.4. The number of para-hydroxylation sites is 1. The molecule has 2 aromatic rings. The first-order valence-electron chi connectivity index (χ1n) is 20.3. The molecule has 1 saturated heterocycles. The van der Waals surface area contributed by atoms with E-state index in [2.05, 4.69) is 15.4 Å². The maximum absolute atomic E-state index is 14.8. The van der Waals surface area contributed by atoms with Gasteiger partial charge in [-0.05, 0) is 84.1 Å². The van der Waals surface area contributed by atoms with Crippen molar-refractivity contribution in [3.63, 3.8) is 0 Å². The number of sulfonamides is 1. The van der Waals surface area contributed by atoms with Gasteiger partial charge in [0.25, 0.3) is 5.91 Å². The number of hydrogen-bond donors (Lipinski definition) is 3. The van der Waals surface area contributed by atoms with E-state index in [4.69, 9.17) is 14.5 Å². The lowest BCUT2D eigenvalue weighted by atomic mass is 9.87. The Kier molecular flexibility index (Phi) is 10.0. The van der Waals surface area contributed by atoms with E-state index in [0.717, 1.165) is 22.9 Å². The van der Waals surface area contributed by atoms with E-state index >= 15 is 0 Å². The molecule has 3 saturated carbocycles. The third kappa shape index (κ3) is 7.70. The van der Waals surface area contributed by atoms with Gasteiger partial charge >= 0.3 is 6.09 Å². The molecular formula is C41H51F2N5O8S. The molecular weight excluding hydrogens is 761 g/mol. The summed E-state index contributed by atoms with van der Waals surface area (Å²) in [5.74, 6) is -4.66. The highest BCUT2D eigenvalue weighted by molar-refractivity contribution is 7.91. The molecule has 3 N–H and O–H groups in total. The Labute approximate surface area is 331 Å². The predicted molar refractivity (Wildman–Crippen MR) is 205 cm³/mol. The van der Waals surface area contributed by atoms with Gasteiger partial charge in [-0.25, -0.2) is 27.0 Å². The zero-order valence-corrected chi connectivity index (χ0v) is 33.2. The van der Waals surface area contributed by atoms with Gasteiger partial charge in [0.15, 0.2) is 0 Å². The maximum Gasteiger partial charge on any atom is 0.408 e. The Morgan fingerprint density at radius 1 is 1.02 bits per heavy atom. The Morgan fingerprint density at radius 2 is 1.77 bits per heavy atom. The number of alkyl halides is 2. The summed E-state index contributed by atoms with van der Waals surface area (Å²) in [7, 11) is -4.02. The van der Waals surface area contributed by atoms with Crippen molar-refractivity contribution >= 4 is 44.7 Å². The van der Waals surface area contributed by atoms with E-state index in [-0.39, 0.29) is 38.6 Å². The number of carbonyl (C=O) groups excluding carboxylic acids is 4. The van der Waals surface area contributed by atoms with Crippen molar-refractivity contribution in [1.29, 1.82) is 0 Å². The number of nitrogens with one attached hydrogen (secondary N) is 3. The highest BCUT2D eigenvalue weighted by Crippen LogP contribution is 2.49. The molecule has 4 fully saturated rings. The molecule has 1 aromatic heterocycles. The molecule has 3 aliphatic heterocycles. The van der Waals surface area contributed by atoms with Crippen molar-refractivity contribution in [2.24, 2.45) is 5.92 Å². The Hall–Kier alpha value is -4.34. The second kappa shape index (κ2) is 14.5. The van der Waals surface area contributed by atoms with Crippen LogP contribution in [0.25, 0.3) is 10.9 Å². The van der Waals surface area contributed by atoms with Crippen LogP contribution in [0.3, 0.4) is 0 Å². The third-order valence-electron chi connectivity index (χ3n) is 13.1. The molecule has 57 heavy (non-hydrogen) atoms. The standard InChI is InChI=1S/C41H51F2N5O8S/c1-25-33-29(28-11-8-9-12-30(28)44-25)16-17-39(56-33)23-32-34(49)46-41(36(51)47-57(53,54)38(2)20-21-38)22-26(41)10-6-4-3-5-7-13-31(35(50)48(32)24-39)45-37(52)55-27-14-18-40(42,43)19-15-27/h6,8-12,26-27,31-32H,3-5,7,13-24H2,1-2H3,(H,45,52)(H,46,49)(H,47,51)/b10-6-/t26-,31+,32+,39-,41-/m1/s1. The van der Waals surface area contributed by atoms with Crippen LogP contribution < -0.4 is 20.1 Å². The quantitative estimate of drug-likeness (QED) is 0.340. The van der Waals surface area contributed by atoms with E-state index in [1.807, 2.05) is 43.3 Å². The fourth-order valence-corrected chi connectivity index (χ4v) is 10.4. The lowest BCUT2D eigenvalue weighted by Crippen LogP contribution is -2.58. The lowest BCUT2D eigenvalue weighted by molar-refractivity contribution is -0.141. The van der Waals surface area contributed by atoms with E-state index in [0.29, 0.717) is 56.4 Å². The monoisotopic (exact) mass is 811 g/mol. The summed E-state index contributed by atoms with van der Waals surface area (Å²) >= 11 is 0. The molecule has 4 heterocycles. The van der Waals surface area contributed by atoms with Crippen LogP contribution in [0.4, 0.5) is 13.6 Å². The van der Waals surface area contributed by atoms with Crippen molar-refractivity contribution < 1.29 is 45.9 Å². The molecule has 1 aromatic carbocycles. The third-order valence-corrected chi connectivity index (χ3v) is 15.3. The number of ether oxygens (including phenoxy) is 2. The number of amides is 4. The maximum atomic E-state index is 14.8. The van der Waals surface area contributed by atoms with Gasteiger partial charge in [-0.15, -0.1) is 0 Å². The van der Waals surface area contributed by atoms with Crippen LogP contribution in [-0.4, -0.2) is 88.7 Å². The average molecular weight is 812 g/mol. The van der Waals surface area contributed by atoms with E-state index in [1.54, 1.807) is 6.92 Å². The number of nitrogens with zero attached hydrogens (tertiary/aromatic N) is 2. The number of pyridine rings is 1. The number of alkyl carbamates (subject to hydrolysis) is 1. The number of fused-ring (bicyclic) bond motifs is 5. The van der Waals surface area contributed by atoms with Crippen LogP contribution in [0.5, 0.6) is 5.75 Å². The highest BCUT2D eigenvalue weighted by atomic mass is 32.2. The molecule has 4 amide bonds. The molecule has 0 radical (unpaired) electrons. The Balaban J connectivity index is 1.10. The van der Waals surface area contributed by atoms with Gasteiger partial charge in [0.2, 0.25) is 27.8 Å². The first-order chi connectivity index (χ1) is 27.0. The van der Waals surface area contributed by atoms with Gasteiger partial charge in [0, 0.05) is 36.1 Å². The van der Waals surface area contributed by atoms with Crippen molar-refractivity contribution in [2.45, 2.75) is 150 Å². The number of aryl methyl sites for hydroxylation is 2. The number of allylic oxidation sites excluding steroid dienone is 1. The minimum absolute atomic E-state index is 0.00266. The van der Waals surface area contributed by atoms with Crippen LogP contribution in [0.1, 0.15) is 108 Å². The molecule has 0 unspecified atom stereocenters. The number of hydrogen-bond acceptors (Lipinski definition) is 9. The smallest absolute Gasteiger partial charge is 0.408 e. The predicted octanol–water partition coefficient (Wildman–Crippen LogP) is 5.27. The van der Waals surface area contributed by atoms with E-state index in [9.17, 15) is 36.4 Å². The van der Waals surface area contributed by atoms with Crippen molar-refractivity contribution in [2.75, 3.05) is 6.54 Å². The summed E-state index contributed by atoms with van der Waals surface area (Å²) in [4.78, 5) is 62.9. The van der Waals surface area contributed by atoms with Crippen molar-refractivity contribution in [3.8, 4) is 5.75 Å². The molecule has 3 aliphatic carbocycles. The second-order valence-corrected chi connectivity index (χ2v) is 19.6. The molecule has 8 rings (SSSR count). The first kappa shape index (κ1) is 39.5. The second-order valence-electron chi connectivity index (χ2n) is 17.4. The summed E-state index contributed by atoms with van der Waals surface area (Å²) in [6.07, 6.45) is 6.44. The van der Waals surface area contributed by atoms with Gasteiger partial charge in [-0.1, -0.05) is 43.2 Å². The van der Waals surface area contributed by atoms with Gasteiger partial charge < -0.3 is 25.0 Å². The largest absolute Gasteiger partial charge is 0.483 e. The van der Waals surface area contributed by atoms with Crippen LogP contribution in [0.15, 0.2) is 36.4 Å². The number of benzene rings is 1. The first-order valence-corrected chi connectivity index (χ1v) is 21.8. The highest BCUT2D eigenvalue weighted by Gasteiger charge is 2.64. The summed E-state index contributed by atoms with van der Waals surface area (Å²) in [6.45, 7) is 3.43. The summed E-state index contributed by atoms with van der Waals surface area (Å²) in [6, 6.07) is 5.52. The van der Waals surface area contributed by atoms with Crippen LogP contribution in [0.2, 0.25) is 0 Å². The number of halogens is 2. The van der Waals surface area contributed by atoms with Gasteiger partial charge in [-0.2, -0.15) is 0 Å². The Bertz CT molecular complexity index is 2120. The summed E-state index contributed by atoms with van der Waals surface area (Å²) in [5, 5.41) is 6.58. The fraction of sp³-hybridized carbons (Fsp3) is 0.634. The van der Waals surface area contributed by atoms with Crippen LogP contribution in [0, 0.1) is 12.8 Å². The average Bonchev–Trinajstić information content (AvgIpc) is 4.06. The normalized spacial score (nSPS) is 31.6. The van der Waals surface area contributed by atoms with Crippen molar-refractivity contribution in [1.82, 2.24) is 25.2 Å². The van der Waals surface area contributed by atoms with Crippen LogP contribution >= 0.6 is 0 Å². The van der Waals surface area contributed by atoms with Gasteiger partial charge in [0.05, 0.1) is 22.5 Å². The Morgan fingerprint density at radius 3 is 2.53 bits per heavy atom. The number of rotatable bonds is 5. The number of aromatic nitrogens is 1. The van der Waals surface area contributed by atoms with E-state index < -0.39 is 92.6 Å². The molecule has 16 heteroatoms. The zero-order valence-electron chi connectivity index (χ0n) is 32.4. The van der Waals surface area contributed by atoms with Gasteiger partial charge in [-0.3, -0.25) is 19.1 Å². The fourth-order valence-electron chi connectivity index (χ4n) is 9.10. The molecule has 308 valence electrons. The van der Waals surface area contributed by atoms with Crippen LogP contribution in [-0.2, 0) is 35.6 Å². The van der Waals surface area contributed by atoms with Crippen molar-refractivity contribution in [3.05, 3.63) is 47.7 Å².